The van der Waals surface area contributed by atoms with Crippen molar-refractivity contribution in [2.75, 3.05) is 4.90 Å². The van der Waals surface area contributed by atoms with E-state index < -0.39 is 28.4 Å². The Bertz CT molecular complexity index is 1810. The summed E-state index contributed by atoms with van der Waals surface area (Å²) in [5, 5.41) is 31.6. The molecule has 1 N–H and O–H groups in total. The molecule has 204 valence electrons. The van der Waals surface area contributed by atoms with Crippen LogP contribution in [0.5, 0.6) is 0 Å². The summed E-state index contributed by atoms with van der Waals surface area (Å²) in [6, 6.07) is 21.0. The second-order valence-electron chi connectivity index (χ2n) is 9.29. The number of nitro groups is 1. The molecule has 0 saturated heterocycles. The molecule has 3 heterocycles. The number of non-ortho nitro benzene ring substituents is 1. The van der Waals surface area contributed by atoms with Gasteiger partial charge in [-0.15, -0.1) is 10.2 Å². The summed E-state index contributed by atoms with van der Waals surface area (Å²) in [5.41, 5.74) is 2.72. The Morgan fingerprint density at radius 3 is 2.54 bits per heavy atom. The Morgan fingerprint density at radius 1 is 1.10 bits per heavy atom. The molecule has 6 rings (SSSR count). The van der Waals surface area contributed by atoms with Crippen LogP contribution in [0.15, 0.2) is 99.0 Å². The largest absolute Gasteiger partial charge is 0.503 e. The molecule has 41 heavy (non-hydrogen) atoms. The maximum absolute atomic E-state index is 13.8. The minimum atomic E-state index is -1.12. The number of para-hydroxylation sites is 1. The van der Waals surface area contributed by atoms with Gasteiger partial charge in [-0.3, -0.25) is 24.6 Å². The number of aliphatic hydroxyl groups excluding tert-OH is 1. The number of carbonyl (C=O) groups excluding carboxylic acids is 2. The van der Waals surface area contributed by atoms with Gasteiger partial charge in [-0.05, 0) is 42.3 Å². The van der Waals surface area contributed by atoms with Crippen molar-refractivity contribution < 1.29 is 24.0 Å². The van der Waals surface area contributed by atoms with Gasteiger partial charge in [-0.25, -0.2) is 0 Å². The zero-order valence-corrected chi connectivity index (χ0v) is 23.0. The van der Waals surface area contributed by atoms with Crippen LogP contribution < -0.4 is 4.90 Å². The molecule has 2 aromatic heterocycles. The van der Waals surface area contributed by atoms with Crippen molar-refractivity contribution in [3.63, 3.8) is 0 Å². The summed E-state index contributed by atoms with van der Waals surface area (Å²) in [4.78, 5) is 39.1. The van der Waals surface area contributed by atoms with Crippen LogP contribution in [-0.4, -0.2) is 31.9 Å². The highest BCUT2D eigenvalue weighted by molar-refractivity contribution is 8.00. The number of nitro benzene ring substituents is 1. The number of anilines is 1. The number of rotatable bonds is 8. The molecule has 0 bridgehead atoms. The fraction of sp³-hybridized carbons (Fsp3) is 0.103. The maximum atomic E-state index is 13.8. The Morgan fingerprint density at radius 2 is 1.83 bits per heavy atom. The van der Waals surface area contributed by atoms with Gasteiger partial charge in [0, 0.05) is 23.3 Å². The lowest BCUT2D eigenvalue weighted by Crippen LogP contribution is -2.31. The molecule has 0 saturated carbocycles. The number of nitrogens with zero attached hydrogens (tertiary/aromatic N) is 4. The van der Waals surface area contributed by atoms with Gasteiger partial charge < -0.3 is 9.52 Å². The minimum Gasteiger partial charge on any atom is -0.503 e. The third-order valence-corrected chi connectivity index (χ3v) is 8.73. The highest BCUT2D eigenvalue weighted by Crippen LogP contribution is 2.44. The van der Waals surface area contributed by atoms with Crippen molar-refractivity contribution >= 4 is 56.6 Å². The van der Waals surface area contributed by atoms with Gasteiger partial charge >= 0.3 is 0 Å². The van der Waals surface area contributed by atoms with Crippen molar-refractivity contribution in [1.82, 2.24) is 10.2 Å². The normalized spacial score (nSPS) is 15.2. The summed E-state index contributed by atoms with van der Waals surface area (Å²) >= 11 is 2.59. The molecule has 12 heteroatoms. The van der Waals surface area contributed by atoms with Crippen LogP contribution in [0.1, 0.15) is 33.3 Å². The number of aromatic nitrogens is 2. The first-order chi connectivity index (χ1) is 19.8. The van der Waals surface area contributed by atoms with E-state index in [-0.39, 0.29) is 22.2 Å². The average molecular weight is 585 g/mol. The number of thioether (sulfide) groups is 1. The number of aryl methyl sites for hydroxylation is 1. The molecular formula is C29H20N4O6S2. The lowest BCUT2D eigenvalue weighted by atomic mass is 9.95. The molecule has 0 aliphatic carbocycles. The SMILES string of the molecule is Cc1ccc(CSc2nnc(N3C(=O)C(O)=C(C(=O)c4cc5ccccc5o4)C3c3ccc([N+](=O)[O-])cc3)s2)cc1. The summed E-state index contributed by atoms with van der Waals surface area (Å²) in [5.74, 6) is -1.69. The Hall–Kier alpha value is -4.81. The molecule has 1 unspecified atom stereocenters. The van der Waals surface area contributed by atoms with Crippen molar-refractivity contribution in [3.05, 3.63) is 123 Å². The molecule has 1 aliphatic heterocycles. The molecule has 10 nitrogen and oxygen atoms in total. The average Bonchev–Trinajstić information content (AvgIpc) is 3.69. The molecule has 1 atom stereocenters. The summed E-state index contributed by atoms with van der Waals surface area (Å²) in [6.45, 7) is 2.01. The van der Waals surface area contributed by atoms with E-state index in [0.717, 1.165) is 22.5 Å². The zero-order chi connectivity index (χ0) is 28.7. The second-order valence-corrected chi connectivity index (χ2v) is 11.5. The van der Waals surface area contributed by atoms with Crippen LogP contribution in [-0.2, 0) is 10.5 Å². The van der Waals surface area contributed by atoms with E-state index in [1.165, 1.54) is 40.9 Å². The van der Waals surface area contributed by atoms with E-state index in [0.29, 0.717) is 26.6 Å². The lowest BCUT2D eigenvalue weighted by Gasteiger charge is -2.23. The fourth-order valence-corrected chi connectivity index (χ4v) is 6.37. The number of aliphatic hydroxyl groups is 1. The first-order valence-corrected chi connectivity index (χ1v) is 14.2. The van der Waals surface area contributed by atoms with E-state index in [2.05, 4.69) is 10.2 Å². The third-order valence-electron chi connectivity index (χ3n) is 6.61. The van der Waals surface area contributed by atoms with Crippen molar-refractivity contribution in [2.24, 2.45) is 0 Å². The third kappa shape index (κ3) is 4.98. The number of Topliss-reactive ketones (excluding diaryl/α,β-unsaturated/α-hetero) is 1. The van der Waals surface area contributed by atoms with Crippen molar-refractivity contribution in [2.45, 2.75) is 23.1 Å². The van der Waals surface area contributed by atoms with Gasteiger partial charge in [0.1, 0.15) is 5.58 Å². The first kappa shape index (κ1) is 26.4. The first-order valence-electron chi connectivity index (χ1n) is 12.4. The number of benzene rings is 3. The van der Waals surface area contributed by atoms with E-state index in [1.807, 2.05) is 31.2 Å². The Balaban J connectivity index is 1.37. The Kier molecular flexibility index (Phi) is 6.85. The van der Waals surface area contributed by atoms with Crippen LogP contribution in [0.25, 0.3) is 11.0 Å². The van der Waals surface area contributed by atoms with Gasteiger partial charge in [0.25, 0.3) is 11.6 Å². The predicted octanol–water partition coefficient (Wildman–Crippen LogP) is 6.58. The van der Waals surface area contributed by atoms with E-state index in [4.69, 9.17) is 4.42 Å². The number of amides is 1. The summed E-state index contributed by atoms with van der Waals surface area (Å²) in [7, 11) is 0. The zero-order valence-electron chi connectivity index (χ0n) is 21.4. The van der Waals surface area contributed by atoms with Crippen LogP contribution in [0.4, 0.5) is 10.8 Å². The monoisotopic (exact) mass is 584 g/mol. The van der Waals surface area contributed by atoms with Gasteiger partial charge in [0.05, 0.1) is 16.5 Å². The second kappa shape index (κ2) is 10.6. The number of ketones is 1. The number of furan rings is 1. The minimum absolute atomic E-state index is 0.0547. The standard InChI is InChI=1S/C29H20N4O6S2/c1-16-6-8-17(9-7-16)15-40-29-31-30-28(41-29)32-24(18-10-12-20(13-11-18)33(37)38)23(26(35)27(32)36)25(34)22-14-19-4-2-3-5-21(19)39-22/h2-14,24,35H,15H2,1H3. The van der Waals surface area contributed by atoms with E-state index >= 15 is 0 Å². The molecule has 3 aromatic carbocycles. The van der Waals surface area contributed by atoms with Crippen LogP contribution in [0.2, 0.25) is 0 Å². The number of fused-ring (bicyclic) bond motifs is 1. The Labute approximate surface area is 241 Å². The highest BCUT2D eigenvalue weighted by Gasteiger charge is 2.47. The van der Waals surface area contributed by atoms with E-state index in [9.17, 15) is 24.8 Å². The predicted molar refractivity (Wildman–Crippen MR) is 154 cm³/mol. The smallest absolute Gasteiger partial charge is 0.296 e. The number of hydrogen-bond donors (Lipinski definition) is 1. The molecule has 0 fully saturated rings. The van der Waals surface area contributed by atoms with E-state index in [1.54, 1.807) is 30.3 Å². The quantitative estimate of drug-likeness (QED) is 0.0704. The molecule has 5 aromatic rings. The lowest BCUT2D eigenvalue weighted by molar-refractivity contribution is -0.384. The number of hydrogen-bond acceptors (Lipinski definition) is 10. The number of carbonyl (C=O) groups is 2. The van der Waals surface area contributed by atoms with Gasteiger partial charge in [0.15, 0.2) is 15.9 Å². The highest BCUT2D eigenvalue weighted by atomic mass is 32.2. The molecule has 0 radical (unpaired) electrons. The van der Waals surface area contributed by atoms with Crippen LogP contribution in [0.3, 0.4) is 0 Å². The molecule has 0 spiro atoms. The summed E-state index contributed by atoms with van der Waals surface area (Å²) in [6.07, 6.45) is 0. The van der Waals surface area contributed by atoms with Crippen molar-refractivity contribution in [3.8, 4) is 0 Å². The van der Waals surface area contributed by atoms with Crippen LogP contribution >= 0.6 is 23.1 Å². The molecular weight excluding hydrogens is 564 g/mol. The van der Waals surface area contributed by atoms with Gasteiger partial charge in [-0.2, -0.15) is 0 Å². The molecule has 1 amide bonds. The fourth-order valence-electron chi connectivity index (χ4n) is 4.54. The van der Waals surface area contributed by atoms with Crippen molar-refractivity contribution in [1.29, 1.82) is 0 Å². The topological polar surface area (TPSA) is 140 Å². The van der Waals surface area contributed by atoms with Gasteiger partial charge in [-0.1, -0.05) is 71.1 Å². The molecule has 1 aliphatic rings. The summed E-state index contributed by atoms with van der Waals surface area (Å²) < 4.78 is 6.33. The van der Waals surface area contributed by atoms with Crippen LogP contribution in [0, 0.1) is 17.0 Å². The maximum Gasteiger partial charge on any atom is 0.296 e. The van der Waals surface area contributed by atoms with Gasteiger partial charge in [0.2, 0.25) is 10.9 Å².